The van der Waals surface area contributed by atoms with Gasteiger partial charge in [0.1, 0.15) is 0 Å². The molecule has 1 aromatic carbocycles. The van der Waals surface area contributed by atoms with Gasteiger partial charge in [-0.25, -0.2) is 0 Å². The van der Waals surface area contributed by atoms with Crippen molar-refractivity contribution in [3.05, 3.63) is 41.5 Å². The number of thiol groups is 1. The molecule has 0 nitrogen and oxygen atoms in total. The Bertz CT molecular complexity index is 316. The van der Waals surface area contributed by atoms with Crippen LogP contribution in [-0.4, -0.2) is 11.5 Å². The highest BCUT2D eigenvalue weighted by atomic mass is 32.2. The summed E-state index contributed by atoms with van der Waals surface area (Å²) in [7, 11) is 0. The van der Waals surface area contributed by atoms with Gasteiger partial charge in [0.25, 0.3) is 0 Å². The van der Waals surface area contributed by atoms with Crippen LogP contribution in [0.5, 0.6) is 0 Å². The summed E-state index contributed by atoms with van der Waals surface area (Å²) in [5, 5.41) is 0. The highest BCUT2D eigenvalue weighted by Gasteiger charge is 1.95. The number of aryl methyl sites for hydroxylation is 2. The van der Waals surface area contributed by atoms with Gasteiger partial charge in [-0.15, -0.1) is 11.8 Å². The second kappa shape index (κ2) is 6.20. The van der Waals surface area contributed by atoms with Crippen LogP contribution in [0.25, 0.3) is 0 Å². The van der Waals surface area contributed by atoms with Crippen molar-refractivity contribution in [1.82, 2.24) is 0 Å². The fourth-order valence-corrected chi connectivity index (χ4v) is 2.09. The Labute approximate surface area is 96.2 Å². The minimum absolute atomic E-state index is 0.827. The van der Waals surface area contributed by atoms with E-state index in [-0.39, 0.29) is 0 Å². The SMILES string of the molecule is Cc1ccc(SCC=CCS)cc1C. The first-order valence-corrected chi connectivity index (χ1v) is 6.31. The third-order valence-corrected chi connectivity index (χ3v) is 3.25. The van der Waals surface area contributed by atoms with E-state index in [1.165, 1.54) is 16.0 Å². The topological polar surface area (TPSA) is 0 Å². The monoisotopic (exact) mass is 224 g/mol. The van der Waals surface area contributed by atoms with E-state index in [1.54, 1.807) is 0 Å². The molecule has 0 saturated heterocycles. The Morgan fingerprint density at radius 2 is 2.00 bits per heavy atom. The zero-order valence-corrected chi connectivity index (χ0v) is 10.4. The first-order chi connectivity index (χ1) is 6.74. The fourth-order valence-electron chi connectivity index (χ4n) is 1.09. The quantitative estimate of drug-likeness (QED) is 0.460. The van der Waals surface area contributed by atoms with Crippen LogP contribution in [0.3, 0.4) is 0 Å². The third-order valence-electron chi connectivity index (χ3n) is 2.10. The lowest BCUT2D eigenvalue weighted by atomic mass is 10.1. The van der Waals surface area contributed by atoms with Crippen LogP contribution in [0.2, 0.25) is 0 Å². The van der Waals surface area contributed by atoms with Crippen LogP contribution in [0.1, 0.15) is 11.1 Å². The van der Waals surface area contributed by atoms with Crippen molar-refractivity contribution in [1.29, 1.82) is 0 Å². The van der Waals surface area contributed by atoms with E-state index in [4.69, 9.17) is 0 Å². The van der Waals surface area contributed by atoms with E-state index in [0.717, 1.165) is 11.5 Å². The van der Waals surface area contributed by atoms with E-state index in [0.29, 0.717) is 0 Å². The third kappa shape index (κ3) is 3.81. The molecule has 0 saturated carbocycles. The summed E-state index contributed by atoms with van der Waals surface area (Å²) in [5.41, 5.74) is 2.73. The maximum Gasteiger partial charge on any atom is 0.0161 e. The van der Waals surface area contributed by atoms with Gasteiger partial charge in [0.15, 0.2) is 0 Å². The molecule has 0 amide bonds. The predicted octanol–water partition coefficient (Wildman–Crippen LogP) is 3.88. The minimum Gasteiger partial charge on any atom is -0.175 e. The lowest BCUT2D eigenvalue weighted by Crippen LogP contribution is -1.81. The maximum absolute atomic E-state index is 4.11. The molecule has 14 heavy (non-hydrogen) atoms. The summed E-state index contributed by atoms with van der Waals surface area (Å²) in [6.07, 6.45) is 4.24. The van der Waals surface area contributed by atoms with Crippen LogP contribution >= 0.6 is 24.4 Å². The summed E-state index contributed by atoms with van der Waals surface area (Å²) in [6.45, 7) is 4.30. The molecular formula is C12H16S2. The highest BCUT2D eigenvalue weighted by molar-refractivity contribution is 7.99. The lowest BCUT2D eigenvalue weighted by Gasteiger charge is -2.02. The van der Waals surface area contributed by atoms with Crippen molar-refractivity contribution >= 4 is 24.4 Å². The summed E-state index contributed by atoms with van der Waals surface area (Å²) in [4.78, 5) is 1.34. The van der Waals surface area contributed by atoms with Gasteiger partial charge in [0, 0.05) is 16.4 Å². The largest absolute Gasteiger partial charge is 0.175 e. The molecule has 0 radical (unpaired) electrons. The molecule has 2 heteroatoms. The van der Waals surface area contributed by atoms with Crippen molar-refractivity contribution in [3.63, 3.8) is 0 Å². The van der Waals surface area contributed by atoms with Crippen LogP contribution in [-0.2, 0) is 0 Å². The van der Waals surface area contributed by atoms with E-state index in [9.17, 15) is 0 Å². The minimum atomic E-state index is 0.827. The van der Waals surface area contributed by atoms with Crippen molar-refractivity contribution in [2.45, 2.75) is 18.7 Å². The van der Waals surface area contributed by atoms with Gasteiger partial charge >= 0.3 is 0 Å². The molecule has 0 atom stereocenters. The van der Waals surface area contributed by atoms with Gasteiger partial charge in [-0.1, -0.05) is 18.2 Å². The molecule has 0 unspecified atom stereocenters. The number of hydrogen-bond donors (Lipinski definition) is 1. The predicted molar refractivity (Wildman–Crippen MR) is 69.6 cm³/mol. The van der Waals surface area contributed by atoms with Crippen molar-refractivity contribution in [2.75, 3.05) is 11.5 Å². The summed E-state index contributed by atoms with van der Waals surface area (Å²) >= 11 is 5.98. The average molecular weight is 224 g/mol. The smallest absolute Gasteiger partial charge is 0.0161 e. The fraction of sp³-hybridized carbons (Fsp3) is 0.333. The van der Waals surface area contributed by atoms with Gasteiger partial charge in [0.05, 0.1) is 0 Å². The van der Waals surface area contributed by atoms with Gasteiger partial charge in [0.2, 0.25) is 0 Å². The molecule has 0 aliphatic carbocycles. The molecule has 0 aliphatic rings. The highest BCUT2D eigenvalue weighted by Crippen LogP contribution is 2.20. The second-order valence-electron chi connectivity index (χ2n) is 3.21. The maximum atomic E-state index is 4.11. The number of thioether (sulfide) groups is 1. The molecule has 76 valence electrons. The van der Waals surface area contributed by atoms with E-state index < -0.39 is 0 Å². The summed E-state index contributed by atoms with van der Waals surface area (Å²) in [5.74, 6) is 1.86. The number of rotatable bonds is 4. The molecule has 0 bridgehead atoms. The van der Waals surface area contributed by atoms with Crippen molar-refractivity contribution < 1.29 is 0 Å². The molecule has 0 heterocycles. The molecule has 0 aliphatic heterocycles. The first-order valence-electron chi connectivity index (χ1n) is 4.70. The van der Waals surface area contributed by atoms with Crippen LogP contribution in [0, 0.1) is 13.8 Å². The number of hydrogen-bond acceptors (Lipinski definition) is 2. The Morgan fingerprint density at radius 1 is 1.21 bits per heavy atom. The standard InChI is InChI=1S/C12H16S2/c1-10-5-6-12(9-11(10)2)14-8-4-3-7-13/h3-6,9,13H,7-8H2,1-2H3. The van der Waals surface area contributed by atoms with Crippen LogP contribution in [0.4, 0.5) is 0 Å². The normalized spacial score (nSPS) is 11.1. The Morgan fingerprint density at radius 3 is 2.64 bits per heavy atom. The number of benzene rings is 1. The Balaban J connectivity index is 2.51. The zero-order valence-electron chi connectivity index (χ0n) is 8.66. The van der Waals surface area contributed by atoms with E-state index >= 15 is 0 Å². The molecule has 1 aromatic rings. The van der Waals surface area contributed by atoms with Crippen molar-refractivity contribution in [2.24, 2.45) is 0 Å². The summed E-state index contributed by atoms with van der Waals surface area (Å²) in [6, 6.07) is 6.61. The van der Waals surface area contributed by atoms with Crippen molar-refractivity contribution in [3.8, 4) is 0 Å². The van der Waals surface area contributed by atoms with Gasteiger partial charge in [-0.05, 0) is 37.1 Å². The first kappa shape index (κ1) is 11.7. The lowest BCUT2D eigenvalue weighted by molar-refractivity contribution is 1.28. The zero-order chi connectivity index (χ0) is 10.4. The van der Waals surface area contributed by atoms with Gasteiger partial charge in [-0.3, -0.25) is 0 Å². The second-order valence-corrected chi connectivity index (χ2v) is 4.67. The Hall–Kier alpha value is -0.340. The van der Waals surface area contributed by atoms with Crippen LogP contribution in [0.15, 0.2) is 35.2 Å². The molecule has 0 N–H and O–H groups in total. The van der Waals surface area contributed by atoms with E-state index in [1.807, 2.05) is 11.8 Å². The summed E-state index contributed by atoms with van der Waals surface area (Å²) < 4.78 is 0. The van der Waals surface area contributed by atoms with Gasteiger partial charge in [-0.2, -0.15) is 12.6 Å². The molecule has 1 rings (SSSR count). The van der Waals surface area contributed by atoms with Crippen LogP contribution < -0.4 is 0 Å². The average Bonchev–Trinajstić information content (AvgIpc) is 2.18. The molecule has 0 fully saturated rings. The Kier molecular flexibility index (Phi) is 5.20. The molecular weight excluding hydrogens is 208 g/mol. The molecule has 0 spiro atoms. The van der Waals surface area contributed by atoms with E-state index in [2.05, 4.69) is 56.8 Å². The van der Waals surface area contributed by atoms with Gasteiger partial charge < -0.3 is 0 Å². The molecule has 0 aromatic heterocycles.